The van der Waals surface area contributed by atoms with E-state index in [0.717, 1.165) is 6.20 Å². The number of anilines is 1. The number of aryl methyl sites for hydroxylation is 2. The number of nitrogens with one attached hydrogen (secondary N) is 1. The van der Waals surface area contributed by atoms with Crippen LogP contribution in [-0.4, -0.2) is 46.2 Å². The fraction of sp³-hybridized carbons (Fsp3) is 0.188. The maximum absolute atomic E-state index is 12.8. The predicted octanol–water partition coefficient (Wildman–Crippen LogP) is 1.26. The van der Waals surface area contributed by atoms with E-state index in [1.807, 2.05) is 0 Å². The van der Waals surface area contributed by atoms with Crippen molar-refractivity contribution in [2.75, 3.05) is 11.8 Å². The van der Waals surface area contributed by atoms with Crippen molar-refractivity contribution in [3.05, 3.63) is 53.7 Å². The Morgan fingerprint density at radius 3 is 2.52 bits per heavy atom. The molecule has 0 fully saturated rings. The summed E-state index contributed by atoms with van der Waals surface area (Å²) in [5.41, 5.74) is 0.994. The smallest absolute Gasteiger partial charge is 0.339 e. The van der Waals surface area contributed by atoms with Crippen LogP contribution >= 0.6 is 0 Å². The quantitative estimate of drug-likeness (QED) is 0.647. The minimum atomic E-state index is -4.05. The molecule has 0 radical (unpaired) electrons. The first-order valence-electron chi connectivity index (χ1n) is 7.73. The summed E-state index contributed by atoms with van der Waals surface area (Å²) in [6, 6.07) is 4.38. The van der Waals surface area contributed by atoms with Crippen LogP contribution in [0.4, 0.5) is 5.82 Å². The van der Waals surface area contributed by atoms with Crippen molar-refractivity contribution in [2.24, 2.45) is 0 Å². The van der Waals surface area contributed by atoms with Gasteiger partial charge in [0.1, 0.15) is 10.7 Å². The SMILES string of the molecule is COC(=O)c1cc(S(=O)(=O)Nc2cc(C)nn2-c2ncccn2)cnc1C. The Hall–Kier alpha value is -3.34. The zero-order chi connectivity index (χ0) is 19.6. The van der Waals surface area contributed by atoms with E-state index in [1.54, 1.807) is 19.9 Å². The second-order valence-electron chi connectivity index (χ2n) is 5.53. The number of ether oxygens (including phenoxy) is 1. The molecule has 0 amide bonds. The standard InChI is InChI=1S/C16H16N6O4S/c1-10-7-14(22(20-10)16-17-5-4-6-18-16)21-27(24,25)12-8-13(15(23)26-3)11(2)19-9-12/h4-9,21H,1-3H3. The van der Waals surface area contributed by atoms with Crippen LogP contribution in [0.5, 0.6) is 0 Å². The number of esters is 1. The summed E-state index contributed by atoms with van der Waals surface area (Å²) < 4.78 is 33.9. The molecule has 0 saturated heterocycles. The lowest BCUT2D eigenvalue weighted by atomic mass is 10.2. The van der Waals surface area contributed by atoms with Gasteiger partial charge in [-0.25, -0.2) is 23.2 Å². The molecule has 0 atom stereocenters. The fourth-order valence-electron chi connectivity index (χ4n) is 2.30. The predicted molar refractivity (Wildman–Crippen MR) is 95.0 cm³/mol. The van der Waals surface area contributed by atoms with E-state index in [-0.39, 0.29) is 22.2 Å². The summed E-state index contributed by atoms with van der Waals surface area (Å²) >= 11 is 0. The fourth-order valence-corrected chi connectivity index (χ4v) is 3.30. The third-order valence-corrected chi connectivity index (χ3v) is 4.91. The second-order valence-corrected chi connectivity index (χ2v) is 7.22. The van der Waals surface area contributed by atoms with E-state index < -0.39 is 16.0 Å². The van der Waals surface area contributed by atoms with Gasteiger partial charge in [0.25, 0.3) is 16.0 Å². The van der Waals surface area contributed by atoms with Crippen LogP contribution in [0.25, 0.3) is 5.95 Å². The van der Waals surface area contributed by atoms with Gasteiger partial charge >= 0.3 is 5.97 Å². The molecule has 0 unspecified atom stereocenters. The number of sulfonamides is 1. The molecular weight excluding hydrogens is 372 g/mol. The lowest BCUT2D eigenvalue weighted by Crippen LogP contribution is -2.18. The summed E-state index contributed by atoms with van der Waals surface area (Å²) in [4.78, 5) is 23.7. The first kappa shape index (κ1) is 18.5. The Bertz CT molecular complexity index is 1100. The lowest BCUT2D eigenvalue weighted by Gasteiger charge is -2.10. The normalized spacial score (nSPS) is 11.2. The van der Waals surface area contributed by atoms with Gasteiger partial charge in [-0.3, -0.25) is 9.71 Å². The molecule has 3 aromatic rings. The maximum Gasteiger partial charge on any atom is 0.339 e. The first-order chi connectivity index (χ1) is 12.8. The molecule has 3 aromatic heterocycles. The molecule has 0 aliphatic carbocycles. The van der Waals surface area contributed by atoms with Crippen LogP contribution in [0.15, 0.2) is 41.7 Å². The van der Waals surface area contributed by atoms with Crippen LogP contribution in [0.3, 0.4) is 0 Å². The van der Waals surface area contributed by atoms with Crippen LogP contribution in [0.1, 0.15) is 21.7 Å². The number of pyridine rings is 1. The molecule has 27 heavy (non-hydrogen) atoms. The van der Waals surface area contributed by atoms with Crippen LogP contribution in [0, 0.1) is 13.8 Å². The molecule has 0 saturated carbocycles. The zero-order valence-electron chi connectivity index (χ0n) is 14.7. The van der Waals surface area contributed by atoms with Gasteiger partial charge in [0.05, 0.1) is 24.1 Å². The highest BCUT2D eigenvalue weighted by Gasteiger charge is 2.22. The lowest BCUT2D eigenvalue weighted by molar-refractivity contribution is 0.0599. The highest BCUT2D eigenvalue weighted by molar-refractivity contribution is 7.92. The summed E-state index contributed by atoms with van der Waals surface area (Å²) in [6.45, 7) is 3.29. The van der Waals surface area contributed by atoms with E-state index in [1.165, 1.54) is 36.3 Å². The van der Waals surface area contributed by atoms with Gasteiger partial charge in [-0.15, -0.1) is 0 Å². The molecule has 0 aromatic carbocycles. The molecular formula is C16H16N6O4S. The van der Waals surface area contributed by atoms with Crippen molar-refractivity contribution >= 4 is 21.8 Å². The monoisotopic (exact) mass is 388 g/mol. The van der Waals surface area contributed by atoms with Crippen LogP contribution in [0.2, 0.25) is 0 Å². The average molecular weight is 388 g/mol. The zero-order valence-corrected chi connectivity index (χ0v) is 15.6. The van der Waals surface area contributed by atoms with Gasteiger partial charge in [-0.2, -0.15) is 9.78 Å². The summed E-state index contributed by atoms with van der Waals surface area (Å²) in [7, 11) is -2.84. The molecule has 11 heteroatoms. The molecule has 1 N–H and O–H groups in total. The second kappa shape index (κ2) is 7.11. The van der Waals surface area contributed by atoms with Gasteiger partial charge in [0.15, 0.2) is 0 Å². The number of rotatable bonds is 5. The van der Waals surface area contributed by atoms with Crippen LogP contribution < -0.4 is 4.72 Å². The summed E-state index contributed by atoms with van der Waals surface area (Å²) in [5, 5.41) is 4.21. The Labute approximate surface area is 155 Å². The third-order valence-electron chi connectivity index (χ3n) is 3.59. The van der Waals surface area contributed by atoms with Gasteiger partial charge in [0.2, 0.25) is 0 Å². The third kappa shape index (κ3) is 3.77. The van der Waals surface area contributed by atoms with Gasteiger partial charge < -0.3 is 4.74 Å². The molecule has 3 rings (SSSR count). The largest absolute Gasteiger partial charge is 0.465 e. The van der Waals surface area contributed by atoms with Crippen molar-refractivity contribution in [3.8, 4) is 5.95 Å². The van der Waals surface area contributed by atoms with Crippen molar-refractivity contribution in [2.45, 2.75) is 18.7 Å². The van der Waals surface area contributed by atoms with E-state index in [9.17, 15) is 13.2 Å². The maximum atomic E-state index is 12.8. The number of aromatic nitrogens is 5. The number of carbonyl (C=O) groups excluding carboxylic acids is 1. The van der Waals surface area contributed by atoms with E-state index in [0.29, 0.717) is 11.4 Å². The molecule has 140 valence electrons. The topological polar surface area (TPSA) is 129 Å². The highest BCUT2D eigenvalue weighted by atomic mass is 32.2. The van der Waals surface area contributed by atoms with Gasteiger partial charge in [-0.1, -0.05) is 0 Å². The minimum absolute atomic E-state index is 0.0662. The molecule has 10 nitrogen and oxygen atoms in total. The molecule has 0 aliphatic heterocycles. The average Bonchev–Trinajstić information content (AvgIpc) is 3.01. The van der Waals surface area contributed by atoms with Crippen LogP contribution in [-0.2, 0) is 14.8 Å². The molecule has 0 aliphatic rings. The van der Waals surface area contributed by atoms with Gasteiger partial charge in [-0.05, 0) is 26.0 Å². The molecule has 3 heterocycles. The summed E-state index contributed by atoms with van der Waals surface area (Å²) in [5.74, 6) is -0.310. The minimum Gasteiger partial charge on any atom is -0.465 e. The van der Waals surface area contributed by atoms with E-state index >= 15 is 0 Å². The van der Waals surface area contributed by atoms with Gasteiger partial charge in [0, 0.05) is 24.7 Å². The molecule has 0 spiro atoms. The Morgan fingerprint density at radius 1 is 1.15 bits per heavy atom. The summed E-state index contributed by atoms with van der Waals surface area (Å²) in [6.07, 6.45) is 4.20. The number of nitrogens with zero attached hydrogens (tertiary/aromatic N) is 5. The van der Waals surface area contributed by atoms with Crippen molar-refractivity contribution in [3.63, 3.8) is 0 Å². The first-order valence-corrected chi connectivity index (χ1v) is 9.22. The van der Waals surface area contributed by atoms with Crippen molar-refractivity contribution < 1.29 is 17.9 Å². The number of methoxy groups -OCH3 is 1. The Morgan fingerprint density at radius 2 is 1.85 bits per heavy atom. The number of hydrogen-bond donors (Lipinski definition) is 1. The van der Waals surface area contributed by atoms with E-state index in [2.05, 4.69) is 29.5 Å². The number of hydrogen-bond acceptors (Lipinski definition) is 8. The molecule has 0 bridgehead atoms. The Kier molecular flexibility index (Phi) is 4.86. The highest BCUT2D eigenvalue weighted by Crippen LogP contribution is 2.20. The van der Waals surface area contributed by atoms with Crippen molar-refractivity contribution in [1.82, 2.24) is 24.7 Å². The number of carbonyl (C=O) groups is 1. The van der Waals surface area contributed by atoms with Crippen molar-refractivity contribution in [1.29, 1.82) is 0 Å². The van der Waals surface area contributed by atoms with E-state index in [4.69, 9.17) is 0 Å². The Balaban J connectivity index is 2.00.